The Morgan fingerprint density at radius 1 is 1.04 bits per heavy atom. The standard InChI is InChI=1S/C37H46BrNO9/c1-24(2)34-37(4,5)48-36(43)39(34)35(42)29(19-26-13-8-6-9-14-26)33(46-25(3)41)32-20-30(38)31(47-32)17-12-18-44-23-28(21-40)45-22-27-15-10-7-11-16-27/h6-11,13-16,20,24,28-29,33-34,40H,12,17-19,21-23H2,1-5H3/t28-,29-,33+,34+/m1/s1. The Morgan fingerprint density at radius 3 is 2.29 bits per heavy atom. The van der Waals surface area contributed by atoms with Gasteiger partial charge in [-0.1, -0.05) is 74.5 Å². The molecule has 0 unspecified atom stereocenters. The van der Waals surface area contributed by atoms with Crippen LogP contribution in [0.4, 0.5) is 4.79 Å². The van der Waals surface area contributed by atoms with Gasteiger partial charge in [0.25, 0.3) is 0 Å². The van der Waals surface area contributed by atoms with Crippen LogP contribution in [-0.2, 0) is 48.0 Å². The van der Waals surface area contributed by atoms with E-state index in [-0.39, 0.29) is 31.3 Å². The molecule has 260 valence electrons. The quantitative estimate of drug-likeness (QED) is 0.118. The maximum atomic E-state index is 14.4. The maximum absolute atomic E-state index is 14.4. The van der Waals surface area contributed by atoms with Crippen LogP contribution in [0.1, 0.15) is 69.8 Å². The van der Waals surface area contributed by atoms with Crippen molar-refractivity contribution in [3.8, 4) is 0 Å². The number of cyclic esters (lactones) is 1. The number of hydrogen-bond acceptors (Lipinski definition) is 9. The molecular formula is C37H46BrNO9. The van der Waals surface area contributed by atoms with Crippen molar-refractivity contribution in [2.45, 2.75) is 84.3 Å². The molecule has 0 bridgehead atoms. The summed E-state index contributed by atoms with van der Waals surface area (Å²) in [4.78, 5) is 41.3. The summed E-state index contributed by atoms with van der Waals surface area (Å²) in [6.45, 7) is 9.57. The Kier molecular flexibility index (Phi) is 13.4. The average Bonchev–Trinajstić information content (AvgIpc) is 3.54. The van der Waals surface area contributed by atoms with Gasteiger partial charge in [-0.15, -0.1) is 0 Å². The number of hydrogen-bond donors (Lipinski definition) is 1. The highest BCUT2D eigenvalue weighted by atomic mass is 79.9. The largest absolute Gasteiger partial charge is 0.461 e. The van der Waals surface area contributed by atoms with Crippen molar-refractivity contribution < 1.29 is 42.9 Å². The highest BCUT2D eigenvalue weighted by Crippen LogP contribution is 2.40. The van der Waals surface area contributed by atoms with Crippen LogP contribution in [0, 0.1) is 11.8 Å². The van der Waals surface area contributed by atoms with Crippen molar-refractivity contribution >= 4 is 33.9 Å². The molecule has 3 aromatic rings. The molecule has 1 saturated heterocycles. The van der Waals surface area contributed by atoms with E-state index in [1.807, 2.05) is 74.5 Å². The van der Waals surface area contributed by atoms with Gasteiger partial charge >= 0.3 is 12.1 Å². The summed E-state index contributed by atoms with van der Waals surface area (Å²) >= 11 is 3.57. The number of imide groups is 1. The van der Waals surface area contributed by atoms with Crippen LogP contribution in [0.5, 0.6) is 0 Å². The summed E-state index contributed by atoms with van der Waals surface area (Å²) < 4.78 is 30.0. The molecule has 0 spiro atoms. The smallest absolute Gasteiger partial charge is 0.417 e. The average molecular weight is 729 g/mol. The molecule has 1 aliphatic heterocycles. The van der Waals surface area contributed by atoms with Crippen LogP contribution in [0.2, 0.25) is 0 Å². The van der Waals surface area contributed by atoms with E-state index in [0.29, 0.717) is 36.3 Å². The summed E-state index contributed by atoms with van der Waals surface area (Å²) in [5.41, 5.74) is 0.944. The van der Waals surface area contributed by atoms with Gasteiger partial charge in [0.05, 0.1) is 36.3 Å². The van der Waals surface area contributed by atoms with Crippen LogP contribution >= 0.6 is 15.9 Å². The summed E-state index contributed by atoms with van der Waals surface area (Å²) in [5.74, 6) is -1.29. The fraction of sp³-hybridized carbons (Fsp3) is 0.486. The fourth-order valence-electron chi connectivity index (χ4n) is 6.20. The first-order chi connectivity index (χ1) is 22.9. The van der Waals surface area contributed by atoms with Crippen LogP contribution in [-0.4, -0.2) is 65.5 Å². The van der Waals surface area contributed by atoms with Crippen molar-refractivity contribution in [1.29, 1.82) is 0 Å². The molecule has 48 heavy (non-hydrogen) atoms. The molecule has 2 aromatic carbocycles. The lowest BCUT2D eigenvalue weighted by atomic mass is 9.86. The molecular weight excluding hydrogens is 682 g/mol. The first-order valence-corrected chi connectivity index (χ1v) is 17.1. The number of esters is 1. The Bertz CT molecular complexity index is 1490. The summed E-state index contributed by atoms with van der Waals surface area (Å²) in [5, 5.41) is 9.71. The van der Waals surface area contributed by atoms with Gasteiger partial charge in [0.15, 0.2) is 6.10 Å². The third-order valence-electron chi connectivity index (χ3n) is 8.27. The van der Waals surface area contributed by atoms with E-state index in [1.165, 1.54) is 11.8 Å². The zero-order valence-electron chi connectivity index (χ0n) is 28.2. The van der Waals surface area contributed by atoms with E-state index < -0.39 is 47.7 Å². The van der Waals surface area contributed by atoms with Gasteiger partial charge in [0.2, 0.25) is 5.91 Å². The Labute approximate surface area is 290 Å². The number of halogens is 1. The van der Waals surface area contributed by atoms with Crippen LogP contribution in [0.15, 0.2) is 75.6 Å². The predicted octanol–water partition coefficient (Wildman–Crippen LogP) is 6.81. The molecule has 1 fully saturated rings. The number of aryl methyl sites for hydroxylation is 1. The summed E-state index contributed by atoms with van der Waals surface area (Å²) in [7, 11) is 0. The second-order valence-corrected chi connectivity index (χ2v) is 13.7. The van der Waals surface area contributed by atoms with Crippen molar-refractivity contribution in [2.75, 3.05) is 19.8 Å². The summed E-state index contributed by atoms with van der Waals surface area (Å²) in [6.07, 6.45) is -1.03. The van der Waals surface area contributed by atoms with Crippen LogP contribution < -0.4 is 0 Å². The van der Waals surface area contributed by atoms with Gasteiger partial charge in [-0.3, -0.25) is 9.59 Å². The minimum Gasteiger partial charge on any atom is -0.461 e. The van der Waals surface area contributed by atoms with Gasteiger partial charge in [-0.25, -0.2) is 9.69 Å². The van der Waals surface area contributed by atoms with Gasteiger partial charge in [-0.2, -0.15) is 0 Å². The molecule has 0 aliphatic carbocycles. The molecule has 0 radical (unpaired) electrons. The highest BCUT2D eigenvalue weighted by Gasteiger charge is 2.54. The number of carbonyl (C=O) groups is 3. The summed E-state index contributed by atoms with van der Waals surface area (Å²) in [6, 6.07) is 20.3. The minimum atomic E-state index is -1.12. The normalized spacial score (nSPS) is 17.6. The van der Waals surface area contributed by atoms with Crippen molar-refractivity contribution in [1.82, 2.24) is 4.90 Å². The molecule has 1 aliphatic rings. The minimum absolute atomic E-state index is 0.0883. The first kappa shape index (κ1) is 37.3. The number of nitrogens with zero attached hydrogens (tertiary/aromatic N) is 1. The highest BCUT2D eigenvalue weighted by molar-refractivity contribution is 9.10. The number of aliphatic hydroxyl groups is 1. The molecule has 4 rings (SSSR count). The number of carbonyl (C=O) groups excluding carboxylic acids is 3. The van der Waals surface area contributed by atoms with Gasteiger partial charge in [0.1, 0.15) is 23.2 Å². The third kappa shape index (κ3) is 9.78. The zero-order valence-corrected chi connectivity index (χ0v) is 29.8. The molecule has 2 heterocycles. The van der Waals surface area contributed by atoms with Crippen molar-refractivity contribution in [3.63, 3.8) is 0 Å². The van der Waals surface area contributed by atoms with E-state index >= 15 is 0 Å². The lowest BCUT2D eigenvalue weighted by molar-refractivity contribution is -0.156. The monoisotopic (exact) mass is 727 g/mol. The second-order valence-electron chi connectivity index (χ2n) is 12.9. The number of amides is 2. The molecule has 0 saturated carbocycles. The third-order valence-corrected chi connectivity index (χ3v) is 8.94. The van der Waals surface area contributed by atoms with E-state index in [4.69, 9.17) is 23.4 Å². The van der Waals surface area contributed by atoms with Crippen LogP contribution in [0.3, 0.4) is 0 Å². The molecule has 2 amide bonds. The lowest BCUT2D eigenvalue weighted by Gasteiger charge is -2.34. The van der Waals surface area contributed by atoms with E-state index in [1.54, 1.807) is 19.9 Å². The zero-order chi connectivity index (χ0) is 34.8. The van der Waals surface area contributed by atoms with E-state index in [2.05, 4.69) is 15.9 Å². The Morgan fingerprint density at radius 2 is 1.69 bits per heavy atom. The topological polar surface area (TPSA) is 125 Å². The Hall–Kier alpha value is -3.51. The molecule has 10 nitrogen and oxygen atoms in total. The van der Waals surface area contributed by atoms with Gasteiger partial charge < -0.3 is 28.5 Å². The number of benzene rings is 2. The first-order valence-electron chi connectivity index (χ1n) is 16.3. The Balaban J connectivity index is 1.49. The molecule has 1 N–H and O–H groups in total. The number of rotatable bonds is 17. The van der Waals surface area contributed by atoms with E-state index in [0.717, 1.165) is 11.1 Å². The lowest BCUT2D eigenvalue weighted by Crippen LogP contribution is -2.51. The van der Waals surface area contributed by atoms with Gasteiger partial charge in [0, 0.05) is 20.0 Å². The molecule has 11 heteroatoms. The second kappa shape index (κ2) is 17.2. The fourth-order valence-corrected chi connectivity index (χ4v) is 6.71. The predicted molar refractivity (Wildman–Crippen MR) is 182 cm³/mol. The van der Waals surface area contributed by atoms with Crippen molar-refractivity contribution in [3.05, 3.63) is 93.9 Å². The SMILES string of the molecule is CC(=O)O[C@H](c1cc(Br)c(CCCOC[C@@H](CO)OCc2ccccc2)o1)[C@@H](Cc1ccccc1)C(=O)N1C(=O)OC(C)(C)[C@@H]1C(C)C. The van der Waals surface area contributed by atoms with Crippen LogP contribution in [0.25, 0.3) is 0 Å². The number of aliphatic hydroxyl groups excluding tert-OH is 1. The number of furan rings is 1. The maximum Gasteiger partial charge on any atom is 0.417 e. The van der Waals surface area contributed by atoms with Crippen molar-refractivity contribution in [2.24, 2.45) is 11.8 Å². The molecule has 1 aromatic heterocycles. The molecule has 4 atom stereocenters. The number of ether oxygens (including phenoxy) is 4. The van der Waals surface area contributed by atoms with E-state index in [9.17, 15) is 19.5 Å². The van der Waals surface area contributed by atoms with Gasteiger partial charge in [-0.05, 0) is 65.7 Å².